The van der Waals surface area contributed by atoms with Crippen molar-refractivity contribution in [1.29, 1.82) is 0 Å². The second-order valence-electron chi connectivity index (χ2n) is 7.47. The molecular formula is C25H21BrN2O3S. The number of benzene rings is 2. The highest BCUT2D eigenvalue weighted by Gasteiger charge is 2.24. The summed E-state index contributed by atoms with van der Waals surface area (Å²) in [5.74, 6) is 2.10. The lowest BCUT2D eigenvalue weighted by Crippen LogP contribution is -2.20. The van der Waals surface area contributed by atoms with Crippen molar-refractivity contribution < 1.29 is 9.47 Å². The van der Waals surface area contributed by atoms with Crippen LogP contribution in [0.1, 0.15) is 24.7 Å². The molecular weight excluding hydrogens is 488 g/mol. The molecule has 0 fully saturated rings. The number of halogens is 1. The molecule has 1 aliphatic rings. The van der Waals surface area contributed by atoms with Crippen molar-refractivity contribution in [2.24, 2.45) is 0 Å². The molecule has 2 aromatic heterocycles. The van der Waals surface area contributed by atoms with E-state index < -0.39 is 0 Å². The monoisotopic (exact) mass is 508 g/mol. The van der Waals surface area contributed by atoms with E-state index in [0.717, 1.165) is 43.8 Å². The first-order valence-corrected chi connectivity index (χ1v) is 12.1. The Morgan fingerprint density at radius 2 is 2.06 bits per heavy atom. The molecule has 5 nitrogen and oxygen atoms in total. The molecule has 0 bridgehead atoms. The van der Waals surface area contributed by atoms with Crippen LogP contribution in [-0.2, 0) is 6.54 Å². The number of hydrogen-bond acceptors (Lipinski definition) is 5. The molecule has 0 amide bonds. The van der Waals surface area contributed by atoms with E-state index in [1.54, 1.807) is 11.7 Å². The Labute approximate surface area is 198 Å². The Morgan fingerprint density at radius 3 is 2.81 bits per heavy atom. The largest absolute Gasteiger partial charge is 0.493 e. The van der Waals surface area contributed by atoms with Gasteiger partial charge < -0.3 is 9.47 Å². The van der Waals surface area contributed by atoms with E-state index in [0.29, 0.717) is 30.0 Å². The Morgan fingerprint density at radius 1 is 1.25 bits per heavy atom. The van der Waals surface area contributed by atoms with Crippen LogP contribution in [0.4, 0.5) is 0 Å². The molecule has 5 rings (SSSR count). The maximum absolute atomic E-state index is 13.4. The number of allylic oxidation sites excluding steroid dienone is 1. The van der Waals surface area contributed by atoms with Gasteiger partial charge in [0.2, 0.25) is 0 Å². The maximum Gasteiger partial charge on any atom is 0.263 e. The molecule has 32 heavy (non-hydrogen) atoms. The third kappa shape index (κ3) is 3.55. The van der Waals surface area contributed by atoms with E-state index in [9.17, 15) is 4.79 Å². The molecule has 3 heterocycles. The van der Waals surface area contributed by atoms with Crippen LogP contribution in [0.25, 0.3) is 33.0 Å². The zero-order chi connectivity index (χ0) is 22.2. The highest BCUT2D eigenvalue weighted by atomic mass is 79.9. The summed E-state index contributed by atoms with van der Waals surface area (Å²) in [5.41, 5.74) is 4.02. The molecule has 2 aromatic carbocycles. The van der Waals surface area contributed by atoms with Gasteiger partial charge in [-0.3, -0.25) is 9.36 Å². The number of ether oxygens (including phenoxy) is 2. The van der Waals surface area contributed by atoms with Crippen LogP contribution < -0.4 is 15.0 Å². The summed E-state index contributed by atoms with van der Waals surface area (Å²) < 4.78 is 13.8. The van der Waals surface area contributed by atoms with Crippen molar-refractivity contribution in [1.82, 2.24) is 9.55 Å². The molecule has 4 aromatic rings. The fourth-order valence-corrected chi connectivity index (χ4v) is 5.61. The molecule has 7 heteroatoms. The fraction of sp³-hybridized carbons (Fsp3) is 0.200. The van der Waals surface area contributed by atoms with Crippen LogP contribution in [0, 0.1) is 0 Å². The van der Waals surface area contributed by atoms with Crippen LogP contribution in [0.5, 0.6) is 11.5 Å². The van der Waals surface area contributed by atoms with Gasteiger partial charge in [0.15, 0.2) is 11.5 Å². The van der Waals surface area contributed by atoms with E-state index in [1.807, 2.05) is 54.8 Å². The topological polar surface area (TPSA) is 53.4 Å². The highest BCUT2D eigenvalue weighted by molar-refractivity contribution is 9.10. The van der Waals surface area contributed by atoms with Gasteiger partial charge >= 0.3 is 0 Å². The molecule has 0 spiro atoms. The van der Waals surface area contributed by atoms with Gasteiger partial charge in [0.25, 0.3) is 5.56 Å². The van der Waals surface area contributed by atoms with Crippen molar-refractivity contribution >= 4 is 49.1 Å². The number of methoxy groups -OCH3 is 1. The SMILES string of the molecule is CCOc1c(Br)cc(C=C2CCn3c2nc2scc(-c4ccccc4)c2c3=O)cc1OC. The molecule has 0 N–H and O–H groups in total. The van der Waals surface area contributed by atoms with Gasteiger partial charge in [0.1, 0.15) is 10.7 Å². The Balaban J connectivity index is 1.60. The summed E-state index contributed by atoms with van der Waals surface area (Å²) in [5, 5.41) is 2.73. The lowest BCUT2D eigenvalue weighted by molar-refractivity contribution is 0.309. The zero-order valence-corrected chi connectivity index (χ0v) is 20.1. The van der Waals surface area contributed by atoms with E-state index in [4.69, 9.17) is 14.5 Å². The van der Waals surface area contributed by atoms with Crippen molar-refractivity contribution in [2.75, 3.05) is 13.7 Å². The van der Waals surface area contributed by atoms with Crippen molar-refractivity contribution in [3.8, 4) is 22.6 Å². The van der Waals surface area contributed by atoms with Gasteiger partial charge in [0, 0.05) is 17.5 Å². The Hall–Kier alpha value is -2.90. The maximum atomic E-state index is 13.4. The van der Waals surface area contributed by atoms with Gasteiger partial charge in [-0.05, 0) is 64.2 Å². The van der Waals surface area contributed by atoms with Crippen molar-refractivity contribution in [3.63, 3.8) is 0 Å². The average molecular weight is 509 g/mol. The average Bonchev–Trinajstić information content (AvgIpc) is 3.41. The molecule has 162 valence electrons. The third-order valence-electron chi connectivity index (χ3n) is 5.55. The second kappa shape index (κ2) is 8.56. The summed E-state index contributed by atoms with van der Waals surface area (Å²) in [6.07, 6.45) is 2.83. The minimum absolute atomic E-state index is 0.0268. The van der Waals surface area contributed by atoms with Crippen LogP contribution in [-0.4, -0.2) is 23.3 Å². The standard InChI is InChI=1S/C25H21BrN2O3S/c1-3-31-22-19(26)12-15(13-20(22)30-2)11-17-9-10-28-23(17)27-24-21(25(28)29)18(14-32-24)16-7-5-4-6-8-16/h4-8,11-14H,3,9-10H2,1-2H3. The zero-order valence-electron chi connectivity index (χ0n) is 17.7. The minimum atomic E-state index is 0.0268. The summed E-state index contributed by atoms with van der Waals surface area (Å²) in [6, 6.07) is 14.0. The summed E-state index contributed by atoms with van der Waals surface area (Å²) in [6.45, 7) is 3.12. The highest BCUT2D eigenvalue weighted by Crippen LogP contribution is 2.39. The molecule has 0 atom stereocenters. The minimum Gasteiger partial charge on any atom is -0.493 e. The number of rotatable bonds is 5. The van der Waals surface area contributed by atoms with Gasteiger partial charge in [0.05, 0.1) is 23.6 Å². The van der Waals surface area contributed by atoms with Crippen LogP contribution in [0.15, 0.2) is 57.1 Å². The van der Waals surface area contributed by atoms with Crippen molar-refractivity contribution in [2.45, 2.75) is 19.9 Å². The number of hydrogen-bond donors (Lipinski definition) is 0. The number of nitrogens with zero attached hydrogens (tertiary/aromatic N) is 2. The van der Waals surface area contributed by atoms with Crippen LogP contribution in [0.2, 0.25) is 0 Å². The van der Waals surface area contributed by atoms with E-state index in [-0.39, 0.29) is 5.56 Å². The molecule has 0 saturated carbocycles. The van der Waals surface area contributed by atoms with Crippen LogP contribution in [0.3, 0.4) is 0 Å². The second-order valence-corrected chi connectivity index (χ2v) is 9.19. The smallest absolute Gasteiger partial charge is 0.263 e. The lowest BCUT2D eigenvalue weighted by Gasteiger charge is -2.12. The molecule has 0 radical (unpaired) electrons. The first-order chi connectivity index (χ1) is 15.6. The summed E-state index contributed by atoms with van der Waals surface area (Å²) >= 11 is 5.10. The van der Waals surface area contributed by atoms with Gasteiger partial charge in [-0.2, -0.15) is 0 Å². The first kappa shape index (κ1) is 21.0. The van der Waals surface area contributed by atoms with E-state index in [1.165, 1.54) is 11.3 Å². The number of thiophene rings is 1. The fourth-order valence-electron chi connectivity index (χ4n) is 4.10. The molecule has 1 aliphatic heterocycles. The van der Waals surface area contributed by atoms with Crippen LogP contribution >= 0.6 is 27.3 Å². The number of fused-ring (bicyclic) bond motifs is 2. The predicted octanol–water partition coefficient (Wildman–Crippen LogP) is 6.24. The predicted molar refractivity (Wildman–Crippen MR) is 134 cm³/mol. The molecule has 0 unspecified atom stereocenters. The Bertz CT molecular complexity index is 1410. The quantitative estimate of drug-likeness (QED) is 0.320. The summed E-state index contributed by atoms with van der Waals surface area (Å²) in [4.78, 5) is 19.1. The van der Waals surface area contributed by atoms with Gasteiger partial charge in [-0.15, -0.1) is 11.3 Å². The van der Waals surface area contributed by atoms with E-state index in [2.05, 4.69) is 22.0 Å². The van der Waals surface area contributed by atoms with Gasteiger partial charge in [-0.1, -0.05) is 30.3 Å². The van der Waals surface area contributed by atoms with Gasteiger partial charge in [-0.25, -0.2) is 4.98 Å². The first-order valence-electron chi connectivity index (χ1n) is 10.4. The lowest BCUT2D eigenvalue weighted by atomic mass is 10.1. The normalized spacial score (nSPS) is 14.2. The molecule has 0 saturated heterocycles. The summed E-state index contributed by atoms with van der Waals surface area (Å²) in [7, 11) is 1.63. The van der Waals surface area contributed by atoms with Crippen molar-refractivity contribution in [3.05, 3.63) is 74.1 Å². The number of aromatic nitrogens is 2. The third-order valence-corrected chi connectivity index (χ3v) is 7.01. The Kier molecular flexibility index (Phi) is 5.61. The molecule has 0 aliphatic carbocycles. The van der Waals surface area contributed by atoms with E-state index >= 15 is 0 Å².